The Morgan fingerprint density at radius 3 is 2.36 bits per heavy atom. The molecular formula is C20H23N3O5. The highest BCUT2D eigenvalue weighted by molar-refractivity contribution is 5.94. The van der Waals surface area contributed by atoms with Gasteiger partial charge >= 0.3 is 5.97 Å². The van der Waals surface area contributed by atoms with E-state index < -0.39 is 22.8 Å². The number of ether oxygens (including phenoxy) is 1. The molecular weight excluding hydrogens is 362 g/mol. The summed E-state index contributed by atoms with van der Waals surface area (Å²) in [5.74, 6) is -1.01. The highest BCUT2D eigenvalue weighted by atomic mass is 16.6. The van der Waals surface area contributed by atoms with E-state index in [0.717, 1.165) is 5.56 Å². The number of hydrogen-bond acceptors (Lipinski definition) is 6. The van der Waals surface area contributed by atoms with E-state index in [4.69, 9.17) is 10.5 Å². The Kier molecular flexibility index (Phi) is 7.22. The number of benzene rings is 2. The molecule has 0 aliphatic heterocycles. The van der Waals surface area contributed by atoms with E-state index in [-0.39, 0.29) is 23.8 Å². The first-order valence-corrected chi connectivity index (χ1v) is 8.84. The average molecular weight is 385 g/mol. The van der Waals surface area contributed by atoms with Crippen LogP contribution in [0.5, 0.6) is 0 Å². The van der Waals surface area contributed by atoms with Crippen molar-refractivity contribution in [2.75, 3.05) is 0 Å². The van der Waals surface area contributed by atoms with Gasteiger partial charge in [-0.3, -0.25) is 19.7 Å². The Labute approximate surface area is 162 Å². The fourth-order valence-electron chi connectivity index (χ4n) is 2.70. The van der Waals surface area contributed by atoms with Crippen molar-refractivity contribution in [3.05, 3.63) is 75.3 Å². The van der Waals surface area contributed by atoms with Crippen LogP contribution in [-0.4, -0.2) is 22.9 Å². The number of para-hydroxylation sites is 1. The summed E-state index contributed by atoms with van der Waals surface area (Å²) in [5, 5.41) is 14.1. The number of carbonyl (C=O) groups excluding carboxylic acids is 2. The standard InChI is InChI=1S/C20H23N3O5/c1-13(2)28-19(24)11-17(16-5-3-4-6-18(16)23(26)27)22-20(25)15-9-7-14(12-21)8-10-15/h3-10,13,17H,11-12,21H2,1-2H3,(H,22,25). The smallest absolute Gasteiger partial charge is 0.308 e. The molecule has 0 heterocycles. The fourth-order valence-corrected chi connectivity index (χ4v) is 2.70. The Morgan fingerprint density at radius 2 is 1.79 bits per heavy atom. The van der Waals surface area contributed by atoms with Crippen LogP contribution in [0.1, 0.15) is 47.8 Å². The molecule has 3 N–H and O–H groups in total. The number of hydrogen-bond donors (Lipinski definition) is 2. The van der Waals surface area contributed by atoms with E-state index in [1.165, 1.54) is 18.2 Å². The number of nitro benzene ring substituents is 1. The van der Waals surface area contributed by atoms with Crippen molar-refractivity contribution >= 4 is 17.6 Å². The van der Waals surface area contributed by atoms with E-state index in [1.807, 2.05) is 0 Å². The summed E-state index contributed by atoms with van der Waals surface area (Å²) in [4.78, 5) is 35.6. The molecule has 148 valence electrons. The van der Waals surface area contributed by atoms with Crippen molar-refractivity contribution in [3.63, 3.8) is 0 Å². The number of nitrogens with two attached hydrogens (primary N) is 1. The lowest BCUT2D eigenvalue weighted by Crippen LogP contribution is -2.31. The van der Waals surface area contributed by atoms with Crippen LogP contribution in [0, 0.1) is 10.1 Å². The van der Waals surface area contributed by atoms with Gasteiger partial charge in [0.15, 0.2) is 0 Å². The summed E-state index contributed by atoms with van der Waals surface area (Å²) in [6.07, 6.45) is -0.561. The molecule has 2 aromatic rings. The van der Waals surface area contributed by atoms with E-state index in [1.54, 1.807) is 44.2 Å². The zero-order chi connectivity index (χ0) is 20.7. The van der Waals surface area contributed by atoms with Gasteiger partial charge in [-0.1, -0.05) is 30.3 Å². The van der Waals surface area contributed by atoms with Crippen molar-refractivity contribution < 1.29 is 19.2 Å². The van der Waals surface area contributed by atoms with Crippen LogP contribution in [0.4, 0.5) is 5.69 Å². The lowest BCUT2D eigenvalue weighted by molar-refractivity contribution is -0.385. The summed E-state index contributed by atoms with van der Waals surface area (Å²) >= 11 is 0. The number of rotatable bonds is 8. The summed E-state index contributed by atoms with van der Waals surface area (Å²) in [6.45, 7) is 3.76. The molecule has 1 amide bonds. The monoisotopic (exact) mass is 385 g/mol. The number of amides is 1. The van der Waals surface area contributed by atoms with E-state index in [0.29, 0.717) is 12.1 Å². The van der Waals surface area contributed by atoms with Crippen LogP contribution in [0.2, 0.25) is 0 Å². The van der Waals surface area contributed by atoms with Crippen molar-refractivity contribution in [2.24, 2.45) is 5.73 Å². The normalized spacial score (nSPS) is 11.7. The molecule has 2 rings (SSSR count). The van der Waals surface area contributed by atoms with Gasteiger partial charge in [-0.05, 0) is 31.5 Å². The lowest BCUT2D eigenvalue weighted by Gasteiger charge is -2.19. The summed E-state index contributed by atoms with van der Waals surface area (Å²) in [6, 6.07) is 11.8. The molecule has 28 heavy (non-hydrogen) atoms. The molecule has 0 saturated carbocycles. The second kappa shape index (κ2) is 9.61. The van der Waals surface area contributed by atoms with Gasteiger partial charge < -0.3 is 15.8 Å². The van der Waals surface area contributed by atoms with Gasteiger partial charge in [0.2, 0.25) is 0 Å². The third-order valence-electron chi connectivity index (χ3n) is 4.00. The summed E-state index contributed by atoms with van der Waals surface area (Å²) in [7, 11) is 0. The Morgan fingerprint density at radius 1 is 1.14 bits per heavy atom. The predicted molar refractivity (Wildman–Crippen MR) is 103 cm³/mol. The van der Waals surface area contributed by atoms with Gasteiger partial charge in [0.1, 0.15) is 0 Å². The maximum atomic E-state index is 12.6. The average Bonchev–Trinajstić information content (AvgIpc) is 2.66. The predicted octanol–water partition coefficient (Wildman–Crippen LogP) is 2.87. The minimum Gasteiger partial charge on any atom is -0.463 e. The summed E-state index contributed by atoms with van der Waals surface area (Å²) < 4.78 is 5.15. The third-order valence-corrected chi connectivity index (χ3v) is 4.00. The van der Waals surface area contributed by atoms with Crippen molar-refractivity contribution in [1.29, 1.82) is 0 Å². The van der Waals surface area contributed by atoms with Gasteiger partial charge in [-0.2, -0.15) is 0 Å². The highest BCUT2D eigenvalue weighted by Gasteiger charge is 2.27. The first kappa shape index (κ1) is 21.0. The van der Waals surface area contributed by atoms with E-state index in [9.17, 15) is 19.7 Å². The fraction of sp³-hybridized carbons (Fsp3) is 0.300. The maximum Gasteiger partial charge on any atom is 0.308 e. The first-order chi connectivity index (χ1) is 13.3. The Hall–Kier alpha value is -3.26. The minimum absolute atomic E-state index is 0.177. The molecule has 0 aromatic heterocycles. The largest absolute Gasteiger partial charge is 0.463 e. The molecule has 0 spiro atoms. The zero-order valence-electron chi connectivity index (χ0n) is 15.8. The van der Waals surface area contributed by atoms with E-state index in [2.05, 4.69) is 5.32 Å². The molecule has 8 heteroatoms. The SMILES string of the molecule is CC(C)OC(=O)CC(NC(=O)c1ccc(CN)cc1)c1ccccc1[N+](=O)[O-]. The third kappa shape index (κ3) is 5.62. The second-order valence-corrected chi connectivity index (χ2v) is 6.49. The van der Waals surface area contributed by atoms with Gasteiger partial charge in [-0.15, -0.1) is 0 Å². The molecule has 1 atom stereocenters. The van der Waals surface area contributed by atoms with Crippen molar-refractivity contribution in [3.8, 4) is 0 Å². The van der Waals surface area contributed by atoms with Gasteiger partial charge in [0, 0.05) is 18.2 Å². The highest BCUT2D eigenvalue weighted by Crippen LogP contribution is 2.28. The molecule has 0 radical (unpaired) electrons. The second-order valence-electron chi connectivity index (χ2n) is 6.49. The topological polar surface area (TPSA) is 125 Å². The van der Waals surface area contributed by atoms with Crippen LogP contribution < -0.4 is 11.1 Å². The number of carbonyl (C=O) groups is 2. The van der Waals surface area contributed by atoms with Gasteiger partial charge in [-0.25, -0.2) is 0 Å². The Balaban J connectivity index is 2.31. The maximum absolute atomic E-state index is 12.6. The van der Waals surface area contributed by atoms with E-state index >= 15 is 0 Å². The molecule has 0 bridgehead atoms. The number of nitrogens with zero attached hydrogens (tertiary/aromatic N) is 1. The van der Waals surface area contributed by atoms with Crippen LogP contribution in [-0.2, 0) is 16.1 Å². The van der Waals surface area contributed by atoms with Crippen LogP contribution in [0.15, 0.2) is 48.5 Å². The Bertz CT molecular complexity index is 849. The van der Waals surface area contributed by atoms with Crippen LogP contribution in [0.25, 0.3) is 0 Å². The quantitative estimate of drug-likeness (QED) is 0.409. The minimum atomic E-state index is -0.908. The van der Waals surface area contributed by atoms with Crippen molar-refractivity contribution in [1.82, 2.24) is 5.32 Å². The molecule has 2 aromatic carbocycles. The molecule has 1 unspecified atom stereocenters. The van der Waals surface area contributed by atoms with Gasteiger partial charge in [0.25, 0.3) is 11.6 Å². The van der Waals surface area contributed by atoms with Crippen LogP contribution in [0.3, 0.4) is 0 Å². The lowest BCUT2D eigenvalue weighted by atomic mass is 10.0. The zero-order valence-corrected chi connectivity index (χ0v) is 15.8. The van der Waals surface area contributed by atoms with Crippen molar-refractivity contribution in [2.45, 2.75) is 39.0 Å². The van der Waals surface area contributed by atoms with Crippen LogP contribution >= 0.6 is 0 Å². The summed E-state index contributed by atoms with van der Waals surface area (Å²) in [5.41, 5.74) is 6.84. The van der Waals surface area contributed by atoms with Gasteiger partial charge in [0.05, 0.1) is 29.1 Å². The first-order valence-electron chi connectivity index (χ1n) is 8.84. The number of nitrogens with one attached hydrogen (secondary N) is 1. The molecule has 0 aliphatic rings. The molecule has 8 nitrogen and oxygen atoms in total. The molecule has 0 fully saturated rings. The molecule has 0 saturated heterocycles. The molecule has 0 aliphatic carbocycles. The number of nitro groups is 1. The number of esters is 1.